The molecule has 0 radical (unpaired) electrons. The monoisotopic (exact) mass is 434 g/mol. The summed E-state index contributed by atoms with van der Waals surface area (Å²) >= 11 is 0. The summed E-state index contributed by atoms with van der Waals surface area (Å²) in [4.78, 5) is 27.6. The van der Waals surface area contributed by atoms with Crippen LogP contribution in [0.4, 0.5) is 35.4 Å². The molecule has 10 heteroatoms. The van der Waals surface area contributed by atoms with Crippen LogP contribution >= 0.6 is 0 Å². The Morgan fingerprint density at radius 2 is 1.65 bits per heavy atom. The van der Waals surface area contributed by atoms with Crippen LogP contribution in [-0.2, 0) is 6.18 Å². The molecule has 2 amide bonds. The van der Waals surface area contributed by atoms with E-state index in [0.717, 1.165) is 43.5 Å². The van der Waals surface area contributed by atoms with Crippen LogP contribution in [0.3, 0.4) is 0 Å². The summed E-state index contributed by atoms with van der Waals surface area (Å²) in [5.41, 5.74) is -0.208. The number of carbonyl (C=O) groups excluding carboxylic acids is 1. The number of aromatic nitrogens is 2. The summed E-state index contributed by atoms with van der Waals surface area (Å²) in [6, 6.07) is 6.43. The number of para-hydroxylation sites is 1. The molecule has 1 aromatic heterocycles. The lowest BCUT2D eigenvalue weighted by atomic mass is 10.1. The van der Waals surface area contributed by atoms with E-state index in [1.165, 1.54) is 23.1 Å². The zero-order valence-electron chi connectivity index (χ0n) is 17.3. The SMILES string of the molecule is Cc1cc(N2CCCC2)nc(N2CCN(C(=O)Nc3ccccc3C(F)(F)F)CC2)n1. The first-order valence-corrected chi connectivity index (χ1v) is 10.4. The second-order valence-electron chi connectivity index (χ2n) is 7.81. The van der Waals surface area contributed by atoms with E-state index in [0.29, 0.717) is 32.1 Å². The topological polar surface area (TPSA) is 64.6 Å². The van der Waals surface area contributed by atoms with Crippen LogP contribution < -0.4 is 15.1 Å². The third-order valence-electron chi connectivity index (χ3n) is 5.58. The molecule has 2 aromatic rings. The fraction of sp³-hybridized carbons (Fsp3) is 0.476. The number of halogens is 3. The molecule has 1 aromatic carbocycles. The van der Waals surface area contributed by atoms with Gasteiger partial charge in [0.1, 0.15) is 5.82 Å². The molecule has 1 N–H and O–H groups in total. The molecule has 0 saturated carbocycles. The Morgan fingerprint density at radius 1 is 0.968 bits per heavy atom. The maximum Gasteiger partial charge on any atom is 0.418 e. The van der Waals surface area contributed by atoms with Crippen LogP contribution in [0.15, 0.2) is 30.3 Å². The Morgan fingerprint density at radius 3 is 2.32 bits per heavy atom. The minimum Gasteiger partial charge on any atom is -0.356 e. The van der Waals surface area contributed by atoms with Crippen molar-refractivity contribution >= 4 is 23.5 Å². The lowest BCUT2D eigenvalue weighted by Crippen LogP contribution is -2.50. The van der Waals surface area contributed by atoms with Crippen LogP contribution in [0.25, 0.3) is 0 Å². The van der Waals surface area contributed by atoms with Crippen molar-refractivity contribution in [3.63, 3.8) is 0 Å². The van der Waals surface area contributed by atoms with E-state index in [4.69, 9.17) is 4.98 Å². The van der Waals surface area contributed by atoms with Crippen LogP contribution in [0.5, 0.6) is 0 Å². The number of hydrogen-bond acceptors (Lipinski definition) is 5. The van der Waals surface area contributed by atoms with Crippen molar-refractivity contribution in [3.05, 3.63) is 41.6 Å². The minimum absolute atomic E-state index is 0.236. The number of amides is 2. The first-order valence-electron chi connectivity index (χ1n) is 10.4. The standard InChI is InChI=1S/C21H25F3N6O/c1-15-14-18(28-8-4-5-9-28)27-19(25-15)29-10-12-30(13-11-29)20(31)26-17-7-3-2-6-16(17)21(22,23)24/h2-3,6-7,14H,4-5,8-13H2,1H3,(H,26,31). The summed E-state index contributed by atoms with van der Waals surface area (Å²) in [7, 11) is 0. The summed E-state index contributed by atoms with van der Waals surface area (Å²) in [5.74, 6) is 1.55. The summed E-state index contributed by atoms with van der Waals surface area (Å²) in [5, 5.41) is 2.41. The number of piperazine rings is 1. The smallest absolute Gasteiger partial charge is 0.356 e. The van der Waals surface area contributed by atoms with E-state index in [-0.39, 0.29) is 5.69 Å². The Kier molecular flexibility index (Phi) is 5.88. The van der Waals surface area contributed by atoms with E-state index >= 15 is 0 Å². The van der Waals surface area contributed by atoms with Crippen molar-refractivity contribution in [2.24, 2.45) is 0 Å². The van der Waals surface area contributed by atoms with Gasteiger partial charge in [0.25, 0.3) is 0 Å². The van der Waals surface area contributed by atoms with E-state index in [2.05, 4.69) is 15.2 Å². The van der Waals surface area contributed by atoms with Gasteiger partial charge in [-0.05, 0) is 31.9 Å². The predicted molar refractivity (Wildman–Crippen MR) is 112 cm³/mol. The number of nitrogens with zero attached hydrogens (tertiary/aromatic N) is 5. The Hall–Kier alpha value is -3.04. The van der Waals surface area contributed by atoms with Crippen molar-refractivity contribution in [1.29, 1.82) is 0 Å². The largest absolute Gasteiger partial charge is 0.418 e. The summed E-state index contributed by atoms with van der Waals surface area (Å²) in [6.07, 6.45) is -2.22. The van der Waals surface area contributed by atoms with E-state index < -0.39 is 17.8 Å². The van der Waals surface area contributed by atoms with Gasteiger partial charge in [0.15, 0.2) is 0 Å². The highest BCUT2D eigenvalue weighted by molar-refractivity contribution is 5.90. The highest BCUT2D eigenvalue weighted by Gasteiger charge is 2.34. The highest BCUT2D eigenvalue weighted by Crippen LogP contribution is 2.34. The number of carbonyl (C=O) groups is 1. The van der Waals surface area contributed by atoms with Crippen molar-refractivity contribution in [2.45, 2.75) is 25.9 Å². The third kappa shape index (κ3) is 4.83. The number of alkyl halides is 3. The zero-order valence-corrected chi connectivity index (χ0v) is 17.3. The molecule has 7 nitrogen and oxygen atoms in total. The lowest BCUT2D eigenvalue weighted by Gasteiger charge is -2.35. The lowest BCUT2D eigenvalue weighted by molar-refractivity contribution is -0.136. The van der Waals surface area contributed by atoms with Gasteiger partial charge >= 0.3 is 12.2 Å². The van der Waals surface area contributed by atoms with Gasteiger partial charge in [0.05, 0.1) is 11.3 Å². The van der Waals surface area contributed by atoms with Crippen molar-refractivity contribution in [3.8, 4) is 0 Å². The quantitative estimate of drug-likeness (QED) is 0.797. The second kappa shape index (κ2) is 8.60. The number of rotatable bonds is 3. The Bertz CT molecular complexity index is 937. The number of urea groups is 1. The van der Waals surface area contributed by atoms with Crippen LogP contribution in [0.2, 0.25) is 0 Å². The van der Waals surface area contributed by atoms with Crippen molar-refractivity contribution < 1.29 is 18.0 Å². The van der Waals surface area contributed by atoms with Gasteiger partial charge in [-0.3, -0.25) is 0 Å². The fourth-order valence-corrected chi connectivity index (χ4v) is 3.93. The molecule has 2 fully saturated rings. The van der Waals surface area contributed by atoms with E-state index in [9.17, 15) is 18.0 Å². The number of nitrogens with one attached hydrogen (secondary N) is 1. The molecule has 31 heavy (non-hydrogen) atoms. The van der Waals surface area contributed by atoms with Gasteiger partial charge in [-0.1, -0.05) is 12.1 Å². The van der Waals surface area contributed by atoms with Gasteiger partial charge in [-0.15, -0.1) is 0 Å². The molecule has 0 unspecified atom stereocenters. The predicted octanol–water partition coefficient (Wildman–Crippen LogP) is 3.76. The van der Waals surface area contributed by atoms with Crippen molar-refractivity contribution in [2.75, 3.05) is 54.4 Å². The molecular weight excluding hydrogens is 409 g/mol. The molecule has 3 heterocycles. The number of hydrogen-bond donors (Lipinski definition) is 1. The molecule has 0 spiro atoms. The fourth-order valence-electron chi connectivity index (χ4n) is 3.93. The second-order valence-corrected chi connectivity index (χ2v) is 7.81. The van der Waals surface area contributed by atoms with Gasteiger partial charge < -0.3 is 20.0 Å². The number of aryl methyl sites for hydroxylation is 1. The normalized spacial score (nSPS) is 17.2. The molecule has 2 aliphatic heterocycles. The molecule has 0 bridgehead atoms. The number of anilines is 3. The zero-order chi connectivity index (χ0) is 22.0. The molecule has 4 rings (SSSR count). The Labute approximate surface area is 178 Å². The Balaban J connectivity index is 1.40. The summed E-state index contributed by atoms with van der Waals surface area (Å²) in [6.45, 7) is 5.68. The minimum atomic E-state index is -4.53. The highest BCUT2D eigenvalue weighted by atomic mass is 19.4. The summed E-state index contributed by atoms with van der Waals surface area (Å²) < 4.78 is 39.5. The molecular formula is C21H25F3N6O. The van der Waals surface area contributed by atoms with E-state index in [1.54, 1.807) is 0 Å². The van der Waals surface area contributed by atoms with Gasteiger partial charge in [-0.25, -0.2) is 9.78 Å². The van der Waals surface area contributed by atoms with E-state index in [1.807, 2.05) is 17.9 Å². The maximum atomic E-state index is 13.2. The molecule has 2 aliphatic rings. The first-order chi connectivity index (χ1) is 14.8. The van der Waals surface area contributed by atoms with Gasteiger partial charge in [-0.2, -0.15) is 18.2 Å². The average Bonchev–Trinajstić information content (AvgIpc) is 3.28. The molecule has 2 saturated heterocycles. The number of benzene rings is 1. The van der Waals surface area contributed by atoms with Crippen LogP contribution in [-0.4, -0.2) is 60.2 Å². The molecule has 0 atom stereocenters. The third-order valence-corrected chi connectivity index (χ3v) is 5.58. The van der Waals surface area contributed by atoms with Crippen LogP contribution in [0.1, 0.15) is 24.1 Å². The molecule has 0 aliphatic carbocycles. The van der Waals surface area contributed by atoms with Crippen molar-refractivity contribution in [1.82, 2.24) is 14.9 Å². The van der Waals surface area contributed by atoms with Gasteiger partial charge in [0.2, 0.25) is 5.95 Å². The van der Waals surface area contributed by atoms with Gasteiger partial charge in [0, 0.05) is 51.0 Å². The first kappa shape index (κ1) is 21.2. The van der Waals surface area contributed by atoms with Crippen LogP contribution in [0, 0.1) is 6.92 Å². The molecule has 166 valence electrons. The average molecular weight is 434 g/mol. The maximum absolute atomic E-state index is 13.2.